The summed E-state index contributed by atoms with van der Waals surface area (Å²) in [5, 5.41) is 10.1. The number of hydrogen-bond donors (Lipinski definition) is 1. The van der Waals surface area contributed by atoms with Crippen molar-refractivity contribution in [1.29, 1.82) is 0 Å². The van der Waals surface area contributed by atoms with Crippen LogP contribution in [0.3, 0.4) is 0 Å². The summed E-state index contributed by atoms with van der Waals surface area (Å²) in [6.07, 6.45) is 1.16. The first-order chi connectivity index (χ1) is 8.99. The number of aromatic nitrogens is 4. The third-order valence-corrected chi connectivity index (χ3v) is 2.68. The molecule has 0 atom stereocenters. The summed E-state index contributed by atoms with van der Waals surface area (Å²) in [5.74, 6) is -0.610. The molecule has 2 aromatic rings. The smallest absolute Gasteiger partial charge is 0.333 e. The zero-order valence-corrected chi connectivity index (χ0v) is 10.5. The highest BCUT2D eigenvalue weighted by molar-refractivity contribution is 5.92. The fourth-order valence-corrected chi connectivity index (χ4v) is 1.63. The van der Waals surface area contributed by atoms with Crippen molar-refractivity contribution in [2.75, 3.05) is 0 Å². The van der Waals surface area contributed by atoms with Crippen molar-refractivity contribution in [3.63, 3.8) is 0 Å². The number of amides is 1. The maximum absolute atomic E-state index is 12.5. The third-order valence-electron chi connectivity index (χ3n) is 2.68. The Bertz CT molecular complexity index is 570. The summed E-state index contributed by atoms with van der Waals surface area (Å²) in [7, 11) is 1.78. The molecule has 0 saturated heterocycles. The van der Waals surface area contributed by atoms with Crippen molar-refractivity contribution in [2.45, 2.75) is 20.0 Å². The quantitative estimate of drug-likeness (QED) is 0.908. The van der Waals surface area contributed by atoms with Gasteiger partial charge in [0.15, 0.2) is 0 Å². The molecule has 0 unspecified atom stereocenters. The fourth-order valence-electron chi connectivity index (χ4n) is 1.63. The largest absolute Gasteiger partial charge is 0.345 e. The highest BCUT2D eigenvalue weighted by atomic mass is 19.3. The Balaban J connectivity index is 2.03. The van der Waals surface area contributed by atoms with E-state index in [4.69, 9.17) is 0 Å². The van der Waals surface area contributed by atoms with Crippen molar-refractivity contribution in [1.82, 2.24) is 24.9 Å². The second-order valence-corrected chi connectivity index (χ2v) is 4.02. The number of carbonyl (C=O) groups excluding carboxylic acids is 1. The maximum atomic E-state index is 12.5. The van der Waals surface area contributed by atoms with Gasteiger partial charge in [-0.2, -0.15) is 23.7 Å². The minimum absolute atomic E-state index is 0.176. The number of rotatable bonds is 4. The molecule has 0 spiro atoms. The van der Waals surface area contributed by atoms with Crippen LogP contribution in [0.1, 0.15) is 28.4 Å². The number of alkyl halides is 2. The second kappa shape index (κ2) is 5.17. The number of nitrogens with zero attached hydrogens (tertiary/aromatic N) is 4. The molecule has 0 saturated carbocycles. The lowest BCUT2D eigenvalue weighted by atomic mass is 10.3. The van der Waals surface area contributed by atoms with E-state index in [2.05, 4.69) is 15.5 Å². The van der Waals surface area contributed by atoms with Gasteiger partial charge in [0, 0.05) is 18.9 Å². The predicted octanol–water partition coefficient (Wildman–Crippen LogP) is 1.25. The summed E-state index contributed by atoms with van der Waals surface area (Å²) < 4.78 is 27.1. The molecule has 2 heterocycles. The number of nitrogens with one attached hydrogen (secondary N) is 1. The van der Waals surface area contributed by atoms with Crippen LogP contribution in [0, 0.1) is 6.92 Å². The lowest BCUT2D eigenvalue weighted by Gasteiger charge is -2.06. The predicted molar refractivity (Wildman–Crippen MR) is 62.6 cm³/mol. The SMILES string of the molecule is Cc1cc(CNC(=O)c2ccnn2C(F)F)nn1C. The minimum atomic E-state index is -2.84. The Morgan fingerprint density at radius 1 is 1.53 bits per heavy atom. The summed E-state index contributed by atoms with van der Waals surface area (Å²) in [6.45, 7) is -0.785. The first-order valence-corrected chi connectivity index (χ1v) is 5.58. The third kappa shape index (κ3) is 2.78. The molecule has 0 radical (unpaired) electrons. The lowest BCUT2D eigenvalue weighted by Crippen LogP contribution is -2.26. The molecule has 0 aliphatic rings. The zero-order valence-electron chi connectivity index (χ0n) is 10.5. The first-order valence-electron chi connectivity index (χ1n) is 5.58. The highest BCUT2D eigenvalue weighted by Gasteiger charge is 2.17. The monoisotopic (exact) mass is 269 g/mol. The van der Waals surface area contributed by atoms with Crippen LogP contribution in [-0.2, 0) is 13.6 Å². The van der Waals surface area contributed by atoms with E-state index in [1.807, 2.05) is 13.0 Å². The maximum Gasteiger partial charge on any atom is 0.333 e. The Hall–Kier alpha value is -2.25. The molecule has 0 aliphatic heterocycles. The molecule has 1 N–H and O–H groups in total. The van der Waals surface area contributed by atoms with E-state index >= 15 is 0 Å². The van der Waals surface area contributed by atoms with Gasteiger partial charge < -0.3 is 5.32 Å². The van der Waals surface area contributed by atoms with E-state index in [9.17, 15) is 13.6 Å². The average Bonchev–Trinajstić information content (AvgIpc) is 2.94. The summed E-state index contributed by atoms with van der Waals surface area (Å²) >= 11 is 0. The van der Waals surface area contributed by atoms with E-state index in [-0.39, 0.29) is 12.2 Å². The fraction of sp³-hybridized carbons (Fsp3) is 0.364. The van der Waals surface area contributed by atoms with Gasteiger partial charge in [-0.25, -0.2) is 0 Å². The summed E-state index contributed by atoms with van der Waals surface area (Å²) in [6, 6.07) is 3.05. The van der Waals surface area contributed by atoms with Crippen molar-refractivity contribution in [3.8, 4) is 0 Å². The topological polar surface area (TPSA) is 64.7 Å². The Kier molecular flexibility index (Phi) is 3.59. The van der Waals surface area contributed by atoms with E-state index in [1.54, 1.807) is 11.7 Å². The molecular formula is C11H13F2N5O. The van der Waals surface area contributed by atoms with Crippen LogP contribution < -0.4 is 5.32 Å². The first kappa shape index (κ1) is 13.2. The van der Waals surface area contributed by atoms with Crippen molar-refractivity contribution >= 4 is 5.91 Å². The molecule has 0 bridgehead atoms. The number of hydrogen-bond acceptors (Lipinski definition) is 3. The van der Waals surface area contributed by atoms with Crippen LogP contribution in [0.25, 0.3) is 0 Å². The van der Waals surface area contributed by atoms with E-state index in [1.165, 1.54) is 6.07 Å². The molecule has 0 aromatic carbocycles. The molecule has 1 amide bonds. The number of halogens is 2. The van der Waals surface area contributed by atoms with Gasteiger partial charge in [-0.3, -0.25) is 9.48 Å². The Morgan fingerprint density at radius 2 is 2.26 bits per heavy atom. The van der Waals surface area contributed by atoms with E-state index < -0.39 is 12.5 Å². The molecule has 0 fully saturated rings. The molecule has 2 aromatic heterocycles. The van der Waals surface area contributed by atoms with Crippen LogP contribution in [0.2, 0.25) is 0 Å². The van der Waals surface area contributed by atoms with Gasteiger partial charge >= 0.3 is 6.55 Å². The van der Waals surface area contributed by atoms with Gasteiger partial charge in [0.25, 0.3) is 5.91 Å². The lowest BCUT2D eigenvalue weighted by molar-refractivity contribution is 0.0509. The minimum Gasteiger partial charge on any atom is -0.345 e. The van der Waals surface area contributed by atoms with E-state index in [0.29, 0.717) is 10.4 Å². The Labute approximate surface area is 108 Å². The van der Waals surface area contributed by atoms with Crippen molar-refractivity contribution in [3.05, 3.63) is 35.4 Å². The van der Waals surface area contributed by atoms with Crippen LogP contribution in [0.5, 0.6) is 0 Å². The molecule has 2 rings (SSSR count). The van der Waals surface area contributed by atoms with Crippen LogP contribution in [0.15, 0.2) is 18.3 Å². The van der Waals surface area contributed by atoms with Crippen molar-refractivity contribution < 1.29 is 13.6 Å². The molecule has 6 nitrogen and oxygen atoms in total. The van der Waals surface area contributed by atoms with Crippen LogP contribution in [0.4, 0.5) is 8.78 Å². The summed E-state index contributed by atoms with van der Waals surface area (Å²) in [5.41, 5.74) is 1.43. The molecular weight excluding hydrogens is 256 g/mol. The number of carbonyl (C=O) groups is 1. The molecule has 0 aliphatic carbocycles. The zero-order chi connectivity index (χ0) is 14.0. The van der Waals surface area contributed by atoms with Crippen molar-refractivity contribution in [2.24, 2.45) is 7.05 Å². The van der Waals surface area contributed by atoms with Crippen LogP contribution >= 0.6 is 0 Å². The van der Waals surface area contributed by atoms with E-state index in [0.717, 1.165) is 11.9 Å². The van der Waals surface area contributed by atoms with Crippen LogP contribution in [-0.4, -0.2) is 25.5 Å². The van der Waals surface area contributed by atoms with Gasteiger partial charge in [0.2, 0.25) is 0 Å². The van der Waals surface area contributed by atoms with Gasteiger partial charge in [0.05, 0.1) is 12.2 Å². The standard InChI is InChI=1S/C11H13F2N5O/c1-7-5-8(16-17(7)2)6-14-10(19)9-3-4-15-18(9)11(12)13/h3-5,11H,6H2,1-2H3,(H,14,19). The normalized spacial score (nSPS) is 11.0. The van der Waals surface area contributed by atoms with Gasteiger partial charge in [-0.1, -0.05) is 0 Å². The molecule has 8 heteroatoms. The van der Waals surface area contributed by atoms with Gasteiger partial charge in [-0.15, -0.1) is 0 Å². The second-order valence-electron chi connectivity index (χ2n) is 4.02. The number of aryl methyl sites for hydroxylation is 2. The average molecular weight is 269 g/mol. The van der Waals surface area contributed by atoms with Gasteiger partial charge in [-0.05, 0) is 19.1 Å². The molecule has 19 heavy (non-hydrogen) atoms. The Morgan fingerprint density at radius 3 is 2.84 bits per heavy atom. The van der Waals surface area contributed by atoms with Gasteiger partial charge in [0.1, 0.15) is 5.69 Å². The molecule has 102 valence electrons. The summed E-state index contributed by atoms with van der Waals surface area (Å²) in [4.78, 5) is 11.8. The highest BCUT2D eigenvalue weighted by Crippen LogP contribution is 2.12.